The van der Waals surface area contributed by atoms with Gasteiger partial charge < -0.3 is 4.90 Å². The maximum absolute atomic E-state index is 12.5. The van der Waals surface area contributed by atoms with Crippen molar-refractivity contribution >= 4 is 5.91 Å². The summed E-state index contributed by atoms with van der Waals surface area (Å²) in [5.41, 5.74) is 2.43. The fraction of sp³-hybridized carbons (Fsp3) is 0.588. The molecule has 1 aromatic carbocycles. The van der Waals surface area contributed by atoms with Crippen molar-refractivity contribution in [1.29, 1.82) is 0 Å². The maximum Gasteiger partial charge on any atom is 0.241 e. The van der Waals surface area contributed by atoms with E-state index in [2.05, 4.69) is 55.3 Å². The lowest BCUT2D eigenvalue weighted by Crippen LogP contribution is -2.39. The van der Waals surface area contributed by atoms with E-state index < -0.39 is 0 Å². The topological polar surface area (TPSA) is 32.3 Å². The van der Waals surface area contributed by atoms with Crippen LogP contribution in [-0.2, 0) is 4.79 Å². The highest BCUT2D eigenvalue weighted by Gasteiger charge is 2.40. The Morgan fingerprint density at radius 2 is 1.90 bits per heavy atom. The van der Waals surface area contributed by atoms with Crippen molar-refractivity contribution in [2.24, 2.45) is 0 Å². The van der Waals surface area contributed by atoms with Crippen LogP contribution in [0, 0.1) is 6.92 Å². The molecule has 0 radical (unpaired) electrons. The summed E-state index contributed by atoms with van der Waals surface area (Å²) < 4.78 is 0. The summed E-state index contributed by atoms with van der Waals surface area (Å²) in [6, 6.07) is 8.73. The zero-order valence-electron chi connectivity index (χ0n) is 13.0. The minimum absolute atomic E-state index is 0.0228. The highest BCUT2D eigenvalue weighted by Crippen LogP contribution is 2.30. The van der Waals surface area contributed by atoms with Gasteiger partial charge in [-0.05, 0) is 32.3 Å². The standard InChI is InChI=1S/C17H26N2O/c1-5-7-15(6-2)19-16(18-13(4)17(19)20)14-10-8-12(3)9-11-14/h8-11,13,15-16,18H,5-7H2,1-4H3. The van der Waals surface area contributed by atoms with E-state index in [4.69, 9.17) is 0 Å². The van der Waals surface area contributed by atoms with Gasteiger partial charge in [-0.25, -0.2) is 0 Å². The third kappa shape index (κ3) is 2.88. The summed E-state index contributed by atoms with van der Waals surface area (Å²) in [6.45, 7) is 8.40. The van der Waals surface area contributed by atoms with Gasteiger partial charge in [-0.1, -0.05) is 50.1 Å². The molecule has 0 bridgehead atoms. The van der Waals surface area contributed by atoms with E-state index in [9.17, 15) is 4.79 Å². The third-order valence-electron chi connectivity index (χ3n) is 4.19. The molecule has 1 N–H and O–H groups in total. The summed E-state index contributed by atoms with van der Waals surface area (Å²) in [7, 11) is 0. The molecule has 0 saturated carbocycles. The molecule has 0 aromatic heterocycles. The molecule has 3 heteroatoms. The van der Waals surface area contributed by atoms with Gasteiger partial charge in [0.2, 0.25) is 5.91 Å². The largest absolute Gasteiger partial charge is 0.319 e. The molecule has 1 aliphatic rings. The first-order valence-corrected chi connectivity index (χ1v) is 7.73. The number of carbonyl (C=O) groups is 1. The number of carbonyl (C=O) groups excluding carboxylic acids is 1. The number of amides is 1. The fourth-order valence-corrected chi connectivity index (χ4v) is 3.01. The Labute approximate surface area is 122 Å². The van der Waals surface area contributed by atoms with Gasteiger partial charge in [0, 0.05) is 6.04 Å². The second kappa shape index (κ2) is 6.40. The second-order valence-electron chi connectivity index (χ2n) is 5.80. The van der Waals surface area contributed by atoms with E-state index in [-0.39, 0.29) is 18.1 Å². The SMILES string of the molecule is CCCC(CC)N1C(=O)C(C)NC1c1ccc(C)cc1. The van der Waals surface area contributed by atoms with E-state index >= 15 is 0 Å². The lowest BCUT2D eigenvalue weighted by Gasteiger charge is -2.32. The summed E-state index contributed by atoms with van der Waals surface area (Å²) in [5, 5.41) is 3.44. The highest BCUT2D eigenvalue weighted by molar-refractivity contribution is 5.84. The molecular formula is C17H26N2O. The second-order valence-corrected chi connectivity index (χ2v) is 5.80. The zero-order chi connectivity index (χ0) is 14.7. The predicted molar refractivity (Wildman–Crippen MR) is 82.4 cm³/mol. The van der Waals surface area contributed by atoms with Crippen LogP contribution in [0.15, 0.2) is 24.3 Å². The molecule has 20 heavy (non-hydrogen) atoms. The first kappa shape index (κ1) is 15.0. The lowest BCUT2D eigenvalue weighted by molar-refractivity contribution is -0.132. The number of hydrogen-bond donors (Lipinski definition) is 1. The van der Waals surface area contributed by atoms with Crippen molar-refractivity contribution < 1.29 is 4.79 Å². The summed E-state index contributed by atoms with van der Waals surface area (Å²) in [5.74, 6) is 0.232. The molecular weight excluding hydrogens is 248 g/mol. The van der Waals surface area contributed by atoms with Gasteiger partial charge in [0.05, 0.1) is 6.04 Å². The fourth-order valence-electron chi connectivity index (χ4n) is 3.01. The van der Waals surface area contributed by atoms with Crippen LogP contribution in [0.1, 0.15) is 57.3 Å². The van der Waals surface area contributed by atoms with Crippen molar-refractivity contribution in [3.05, 3.63) is 35.4 Å². The quantitative estimate of drug-likeness (QED) is 0.892. The summed E-state index contributed by atoms with van der Waals surface area (Å²) in [6.07, 6.45) is 3.21. The number of rotatable bonds is 5. The summed E-state index contributed by atoms with van der Waals surface area (Å²) in [4.78, 5) is 14.6. The average molecular weight is 274 g/mol. The molecule has 1 fully saturated rings. The van der Waals surface area contributed by atoms with Gasteiger partial charge in [-0.15, -0.1) is 0 Å². The van der Waals surface area contributed by atoms with Gasteiger partial charge >= 0.3 is 0 Å². The van der Waals surface area contributed by atoms with Crippen LogP contribution in [0.5, 0.6) is 0 Å². The zero-order valence-corrected chi connectivity index (χ0v) is 13.0. The maximum atomic E-state index is 12.5. The Kier molecular flexibility index (Phi) is 4.81. The van der Waals surface area contributed by atoms with Crippen molar-refractivity contribution in [2.75, 3.05) is 0 Å². The minimum atomic E-state index is -0.0905. The van der Waals surface area contributed by atoms with Crippen LogP contribution in [0.3, 0.4) is 0 Å². The van der Waals surface area contributed by atoms with Crippen molar-refractivity contribution in [3.63, 3.8) is 0 Å². The minimum Gasteiger partial charge on any atom is -0.319 e. The Balaban J connectivity index is 2.29. The lowest BCUT2D eigenvalue weighted by atomic mass is 10.0. The van der Waals surface area contributed by atoms with Crippen LogP contribution < -0.4 is 5.32 Å². The van der Waals surface area contributed by atoms with Gasteiger partial charge in [0.1, 0.15) is 6.17 Å². The molecule has 0 spiro atoms. The van der Waals surface area contributed by atoms with Gasteiger partial charge in [0.25, 0.3) is 0 Å². The van der Waals surface area contributed by atoms with E-state index in [1.807, 2.05) is 6.92 Å². The monoisotopic (exact) mass is 274 g/mol. The highest BCUT2D eigenvalue weighted by atomic mass is 16.2. The Hall–Kier alpha value is -1.35. The molecule has 2 rings (SSSR count). The molecule has 3 atom stereocenters. The molecule has 110 valence electrons. The van der Waals surface area contributed by atoms with E-state index in [1.165, 1.54) is 11.1 Å². The van der Waals surface area contributed by atoms with Crippen LogP contribution in [-0.4, -0.2) is 22.9 Å². The Morgan fingerprint density at radius 1 is 1.25 bits per heavy atom. The number of hydrogen-bond acceptors (Lipinski definition) is 2. The van der Waals surface area contributed by atoms with Crippen LogP contribution in [0.2, 0.25) is 0 Å². The first-order valence-electron chi connectivity index (χ1n) is 7.73. The van der Waals surface area contributed by atoms with E-state index in [1.54, 1.807) is 0 Å². The molecule has 1 saturated heterocycles. The predicted octanol–water partition coefficient (Wildman–Crippen LogP) is 3.39. The smallest absolute Gasteiger partial charge is 0.241 e. The number of nitrogens with zero attached hydrogens (tertiary/aromatic N) is 1. The van der Waals surface area contributed by atoms with E-state index in [0.717, 1.165) is 19.3 Å². The number of nitrogens with one attached hydrogen (secondary N) is 1. The number of aryl methyl sites for hydroxylation is 1. The van der Waals surface area contributed by atoms with Gasteiger partial charge in [-0.3, -0.25) is 10.1 Å². The van der Waals surface area contributed by atoms with Crippen molar-refractivity contribution in [2.45, 2.75) is 65.2 Å². The Bertz CT molecular complexity index is 455. The molecule has 0 aliphatic carbocycles. The normalized spacial score (nSPS) is 24.2. The molecule has 1 heterocycles. The first-order chi connectivity index (χ1) is 9.58. The van der Waals surface area contributed by atoms with Gasteiger partial charge in [0.15, 0.2) is 0 Å². The van der Waals surface area contributed by atoms with Crippen molar-refractivity contribution in [3.8, 4) is 0 Å². The average Bonchev–Trinajstić information content (AvgIpc) is 2.73. The van der Waals surface area contributed by atoms with Crippen LogP contribution >= 0.6 is 0 Å². The Morgan fingerprint density at radius 3 is 2.45 bits per heavy atom. The molecule has 3 nitrogen and oxygen atoms in total. The van der Waals surface area contributed by atoms with Gasteiger partial charge in [-0.2, -0.15) is 0 Å². The van der Waals surface area contributed by atoms with E-state index in [0.29, 0.717) is 6.04 Å². The molecule has 1 amide bonds. The van der Waals surface area contributed by atoms with Crippen molar-refractivity contribution in [1.82, 2.24) is 10.2 Å². The molecule has 1 aliphatic heterocycles. The number of benzene rings is 1. The van der Waals surface area contributed by atoms with Crippen LogP contribution in [0.4, 0.5) is 0 Å². The van der Waals surface area contributed by atoms with Crippen LogP contribution in [0.25, 0.3) is 0 Å². The molecule has 1 aromatic rings. The summed E-state index contributed by atoms with van der Waals surface area (Å²) >= 11 is 0. The molecule has 3 unspecified atom stereocenters. The third-order valence-corrected chi connectivity index (χ3v) is 4.19.